The quantitative estimate of drug-likeness (QED) is 0.265. The molecule has 0 spiro atoms. The number of fused-ring (bicyclic) bond motifs is 3. The molecule has 0 aliphatic heterocycles. The standard InChI is InChI=1S/C21H25.C10H17Si.C8H5F3.2ClH.Zr/c1-20(2,3)16-7-9-18-14(12-16)11-15-13-17(21(4,5)6)8-10-19(15)18;1-8-6-9(2)10(7-8)11(3,4)5;1-6-2-4-7(5-3-6)8(9,10)11;;;/h7-10,12H,11H2,1-6H3;7-8H,1-5H3;1-5H;2*1H;/q;;;;;+2/p-2. The van der Waals surface area contributed by atoms with Crippen LogP contribution in [0, 0.1) is 5.92 Å². The minimum absolute atomic E-state index is 0. The van der Waals surface area contributed by atoms with Crippen LogP contribution in [0.2, 0.25) is 19.6 Å². The van der Waals surface area contributed by atoms with Crippen LogP contribution in [0.25, 0.3) is 11.1 Å². The molecule has 0 aromatic heterocycles. The fourth-order valence-electron chi connectivity index (χ4n) is 7.10. The molecule has 1 atom stereocenters. The molecule has 0 saturated carbocycles. The van der Waals surface area contributed by atoms with Gasteiger partial charge in [0.2, 0.25) is 0 Å². The van der Waals surface area contributed by atoms with Crippen LogP contribution < -0.4 is 28.1 Å². The Morgan fingerprint density at radius 3 is 1.85 bits per heavy atom. The molecule has 0 N–H and O–H groups in total. The van der Waals surface area contributed by atoms with Crippen LogP contribution in [0.15, 0.2) is 74.7 Å². The zero-order valence-corrected chi connectivity index (χ0v) is 34.0. The number of alkyl halides is 3. The van der Waals surface area contributed by atoms with E-state index in [1.165, 1.54) is 54.4 Å². The summed E-state index contributed by atoms with van der Waals surface area (Å²) in [5.74, 6) is 0.330. The molecule has 3 aromatic rings. The molecule has 2 aliphatic rings. The van der Waals surface area contributed by atoms with Crippen molar-refractivity contribution >= 4 is 15.1 Å². The van der Waals surface area contributed by atoms with Crippen molar-refractivity contribution in [3.05, 3.63) is 108 Å². The van der Waals surface area contributed by atoms with Crippen LogP contribution in [0.5, 0.6) is 0 Å². The summed E-state index contributed by atoms with van der Waals surface area (Å²) < 4.78 is 46.1. The van der Waals surface area contributed by atoms with Gasteiger partial charge in [-0.05, 0) is 0 Å². The first-order valence-electron chi connectivity index (χ1n) is 15.8. The molecule has 0 nitrogen and oxygen atoms in total. The van der Waals surface area contributed by atoms with Gasteiger partial charge < -0.3 is 24.8 Å². The van der Waals surface area contributed by atoms with Crippen LogP contribution in [0.1, 0.15) is 88.8 Å². The maximum Gasteiger partial charge on any atom is -1.00 e. The average Bonchev–Trinajstić information content (AvgIpc) is 3.41. The van der Waals surface area contributed by atoms with Gasteiger partial charge >= 0.3 is 273 Å². The summed E-state index contributed by atoms with van der Waals surface area (Å²) in [6, 6.07) is 17.6. The first-order valence-corrected chi connectivity index (χ1v) is 23.2. The van der Waals surface area contributed by atoms with Gasteiger partial charge in [-0.2, -0.15) is 0 Å². The Hall–Kier alpha value is -1.52. The number of benzene rings is 3. The maximum atomic E-state index is 13.5. The molecular weight excluding hydrogens is 716 g/mol. The topological polar surface area (TPSA) is 0 Å². The zero-order valence-electron chi connectivity index (χ0n) is 29.0. The second-order valence-electron chi connectivity index (χ2n) is 15.9. The Morgan fingerprint density at radius 2 is 1.35 bits per heavy atom. The van der Waals surface area contributed by atoms with E-state index in [1.54, 1.807) is 20.6 Å². The molecule has 7 heteroatoms. The van der Waals surface area contributed by atoms with E-state index in [0.717, 1.165) is 12.0 Å². The van der Waals surface area contributed by atoms with Crippen LogP contribution in [-0.2, 0) is 44.7 Å². The first kappa shape index (κ1) is 38.9. The molecule has 5 rings (SSSR count). The van der Waals surface area contributed by atoms with Crippen LogP contribution >= 0.6 is 0 Å². The van der Waals surface area contributed by atoms with Gasteiger partial charge in [-0.25, -0.2) is 0 Å². The Kier molecular flexibility index (Phi) is 11.4. The summed E-state index contributed by atoms with van der Waals surface area (Å²) in [7, 11) is -1.59. The third kappa shape index (κ3) is 7.54. The van der Waals surface area contributed by atoms with Crippen molar-refractivity contribution in [2.24, 2.45) is 5.92 Å². The molecule has 3 aromatic carbocycles. The summed E-state index contributed by atoms with van der Waals surface area (Å²) in [5.41, 5.74) is 10.0. The minimum atomic E-state index is -4.34. The minimum Gasteiger partial charge on any atom is -1.00 e. The Balaban J connectivity index is 0.00000288. The van der Waals surface area contributed by atoms with Crippen molar-refractivity contribution in [2.45, 2.75) is 98.5 Å². The zero-order chi connectivity index (χ0) is 32.6. The molecule has 0 bridgehead atoms. The van der Waals surface area contributed by atoms with Gasteiger partial charge in [0.05, 0.1) is 0 Å². The molecule has 1 unspecified atom stereocenters. The summed E-state index contributed by atoms with van der Waals surface area (Å²) in [4.78, 5) is 0. The first-order chi connectivity index (χ1) is 20.2. The molecular formula is C39H47Cl2F3SiZr. The number of hydrogen-bond donors (Lipinski definition) is 0. The van der Waals surface area contributed by atoms with E-state index in [0.29, 0.717) is 5.92 Å². The van der Waals surface area contributed by atoms with Crippen molar-refractivity contribution in [3.63, 3.8) is 0 Å². The molecule has 46 heavy (non-hydrogen) atoms. The van der Waals surface area contributed by atoms with Crippen molar-refractivity contribution < 1.29 is 59.3 Å². The van der Waals surface area contributed by atoms with E-state index in [1.807, 2.05) is 0 Å². The predicted octanol–water partition coefficient (Wildman–Crippen LogP) is 4.70. The van der Waals surface area contributed by atoms with Crippen molar-refractivity contribution in [3.8, 4) is 11.1 Å². The molecule has 0 radical (unpaired) electrons. The molecule has 2 aliphatic carbocycles. The molecule has 0 saturated heterocycles. The normalized spacial score (nSPS) is 16.5. The van der Waals surface area contributed by atoms with Crippen molar-refractivity contribution in [1.82, 2.24) is 0 Å². The Labute approximate surface area is 296 Å². The second-order valence-corrected chi connectivity index (χ2v) is 26.2. The Bertz CT molecular complexity index is 1730. The second kappa shape index (κ2) is 13.4. The van der Waals surface area contributed by atoms with Crippen LogP contribution in [0.4, 0.5) is 13.2 Å². The number of halogens is 5. The van der Waals surface area contributed by atoms with Gasteiger partial charge in [-0.15, -0.1) is 0 Å². The number of hydrogen-bond acceptors (Lipinski definition) is 0. The SMILES string of the molecule is CC1=[C](/[Zr+2](=[CH]/c2ccc(C(F)(F)F)cc2)[c]2c(C(C)(C)C)ccc3c2Cc2cc(C(C)(C)C)ccc2-3)C(C)C=C1[Si](C)(C)C.[Cl-].[Cl-]. The van der Waals surface area contributed by atoms with Gasteiger partial charge in [0.15, 0.2) is 0 Å². The summed E-state index contributed by atoms with van der Waals surface area (Å²) >= 11 is -2.91. The van der Waals surface area contributed by atoms with E-state index >= 15 is 0 Å². The monoisotopic (exact) mass is 760 g/mol. The van der Waals surface area contributed by atoms with Gasteiger partial charge in [-0.3, -0.25) is 0 Å². The summed E-state index contributed by atoms with van der Waals surface area (Å²) in [6.07, 6.45) is -0.914. The average molecular weight is 763 g/mol. The van der Waals surface area contributed by atoms with Gasteiger partial charge in [-0.1, -0.05) is 0 Å². The predicted molar refractivity (Wildman–Crippen MR) is 182 cm³/mol. The molecule has 0 heterocycles. The van der Waals surface area contributed by atoms with E-state index in [9.17, 15) is 13.2 Å². The van der Waals surface area contributed by atoms with Crippen molar-refractivity contribution in [2.75, 3.05) is 0 Å². The smallest absolute Gasteiger partial charge is 1.00 e. The van der Waals surface area contributed by atoms with Crippen LogP contribution in [0.3, 0.4) is 0 Å². The Morgan fingerprint density at radius 1 is 0.783 bits per heavy atom. The number of rotatable bonds is 4. The molecule has 246 valence electrons. The third-order valence-corrected chi connectivity index (χ3v) is 19.2. The molecule has 0 amide bonds. The van der Waals surface area contributed by atoms with E-state index < -0.39 is 41.1 Å². The van der Waals surface area contributed by atoms with E-state index in [2.05, 4.69) is 115 Å². The van der Waals surface area contributed by atoms with Crippen LogP contribution in [-0.4, -0.2) is 11.8 Å². The van der Waals surface area contributed by atoms with Gasteiger partial charge in [0.25, 0.3) is 0 Å². The van der Waals surface area contributed by atoms with Gasteiger partial charge in [0.1, 0.15) is 0 Å². The summed E-state index contributed by atoms with van der Waals surface area (Å²) in [5, 5.41) is 1.54. The van der Waals surface area contributed by atoms with Crippen molar-refractivity contribution in [1.29, 1.82) is 0 Å². The maximum absolute atomic E-state index is 13.5. The third-order valence-electron chi connectivity index (χ3n) is 9.35. The molecule has 0 fully saturated rings. The van der Waals surface area contributed by atoms with E-state index in [4.69, 9.17) is 0 Å². The largest absolute Gasteiger partial charge is 1.00 e. The van der Waals surface area contributed by atoms with Gasteiger partial charge in [0, 0.05) is 0 Å². The fourth-order valence-corrected chi connectivity index (χ4v) is 18.0. The van der Waals surface area contributed by atoms with E-state index in [-0.39, 0.29) is 35.6 Å². The summed E-state index contributed by atoms with van der Waals surface area (Å²) in [6.45, 7) is 25.7. The number of allylic oxidation sites excluding steroid dienone is 4. The fraction of sp³-hybridized carbons (Fsp3) is 0.410.